The van der Waals surface area contributed by atoms with Crippen molar-refractivity contribution < 1.29 is 9.59 Å². The van der Waals surface area contributed by atoms with Crippen LogP contribution in [0, 0.1) is 6.92 Å². The number of hydrogen-bond donors (Lipinski definition) is 1. The molecule has 0 aliphatic rings. The monoisotopic (exact) mass is 488 g/mol. The summed E-state index contributed by atoms with van der Waals surface area (Å²) in [5.41, 5.74) is 4.48. The molecule has 184 valence electrons. The topological polar surface area (TPSA) is 49.4 Å². The Hall–Kier alpha value is -3.05. The fourth-order valence-electron chi connectivity index (χ4n) is 3.98. The van der Waals surface area contributed by atoms with Crippen LogP contribution >= 0.6 is 11.8 Å². The van der Waals surface area contributed by atoms with Crippen LogP contribution < -0.4 is 5.32 Å². The lowest BCUT2D eigenvalue weighted by atomic mass is 10.0. The van der Waals surface area contributed by atoms with E-state index in [1.54, 1.807) is 16.7 Å². The SMILES string of the molecule is CCCCNC(=O)C(Cc1ccccc1)N(Cc1ccccc1)C(=O)CSCc1cccc(C)c1. The molecular weight excluding hydrogens is 452 g/mol. The van der Waals surface area contributed by atoms with Crippen LogP contribution in [-0.2, 0) is 28.3 Å². The highest BCUT2D eigenvalue weighted by Gasteiger charge is 2.30. The normalized spacial score (nSPS) is 11.6. The molecule has 0 spiro atoms. The summed E-state index contributed by atoms with van der Waals surface area (Å²) >= 11 is 1.60. The Morgan fingerprint density at radius 3 is 2.20 bits per heavy atom. The van der Waals surface area contributed by atoms with Gasteiger partial charge in [-0.1, -0.05) is 104 Å². The average Bonchev–Trinajstić information content (AvgIpc) is 2.87. The highest BCUT2D eigenvalue weighted by atomic mass is 32.2. The summed E-state index contributed by atoms with van der Waals surface area (Å²) in [5.74, 6) is 0.987. The molecule has 0 aliphatic carbocycles. The summed E-state index contributed by atoms with van der Waals surface area (Å²) in [4.78, 5) is 28.7. The first-order valence-electron chi connectivity index (χ1n) is 12.3. The van der Waals surface area contributed by atoms with Gasteiger partial charge in [-0.15, -0.1) is 11.8 Å². The molecule has 1 atom stereocenters. The minimum Gasteiger partial charge on any atom is -0.354 e. The van der Waals surface area contributed by atoms with Crippen molar-refractivity contribution in [1.82, 2.24) is 10.2 Å². The van der Waals surface area contributed by atoms with Crippen LogP contribution in [0.5, 0.6) is 0 Å². The van der Waals surface area contributed by atoms with Crippen molar-refractivity contribution in [2.75, 3.05) is 12.3 Å². The molecule has 0 saturated heterocycles. The molecule has 0 heterocycles. The maximum atomic E-state index is 13.6. The molecule has 0 aliphatic heterocycles. The first-order chi connectivity index (χ1) is 17.1. The first-order valence-corrected chi connectivity index (χ1v) is 13.5. The van der Waals surface area contributed by atoms with Crippen molar-refractivity contribution in [1.29, 1.82) is 0 Å². The largest absolute Gasteiger partial charge is 0.354 e. The smallest absolute Gasteiger partial charge is 0.243 e. The molecule has 3 aromatic rings. The van der Waals surface area contributed by atoms with E-state index >= 15 is 0 Å². The zero-order chi connectivity index (χ0) is 24.9. The van der Waals surface area contributed by atoms with Crippen molar-refractivity contribution in [2.24, 2.45) is 0 Å². The molecule has 1 N–H and O–H groups in total. The van der Waals surface area contributed by atoms with E-state index in [-0.39, 0.29) is 11.8 Å². The molecule has 0 radical (unpaired) electrons. The van der Waals surface area contributed by atoms with E-state index in [4.69, 9.17) is 0 Å². The van der Waals surface area contributed by atoms with Crippen molar-refractivity contribution in [3.63, 3.8) is 0 Å². The van der Waals surface area contributed by atoms with Crippen LogP contribution in [0.25, 0.3) is 0 Å². The molecule has 0 fully saturated rings. The van der Waals surface area contributed by atoms with Gasteiger partial charge in [0.25, 0.3) is 0 Å². The van der Waals surface area contributed by atoms with Gasteiger partial charge in [-0.2, -0.15) is 0 Å². The number of benzene rings is 3. The average molecular weight is 489 g/mol. The van der Waals surface area contributed by atoms with E-state index in [9.17, 15) is 9.59 Å². The molecule has 2 amide bonds. The van der Waals surface area contributed by atoms with Crippen LogP contribution in [0.3, 0.4) is 0 Å². The zero-order valence-corrected chi connectivity index (χ0v) is 21.6. The Labute approximate surface area is 214 Å². The lowest BCUT2D eigenvalue weighted by molar-refractivity contribution is -0.139. The molecule has 0 bridgehead atoms. The van der Waals surface area contributed by atoms with E-state index in [0.717, 1.165) is 29.7 Å². The number of unbranched alkanes of at least 4 members (excludes halogenated alkanes) is 1. The Morgan fingerprint density at radius 1 is 0.886 bits per heavy atom. The second-order valence-electron chi connectivity index (χ2n) is 8.84. The van der Waals surface area contributed by atoms with Crippen molar-refractivity contribution in [2.45, 2.75) is 51.4 Å². The van der Waals surface area contributed by atoms with Gasteiger partial charge < -0.3 is 10.2 Å². The molecule has 3 aromatic carbocycles. The fourth-order valence-corrected chi connectivity index (χ4v) is 4.84. The van der Waals surface area contributed by atoms with E-state index in [2.05, 4.69) is 37.4 Å². The molecule has 1 unspecified atom stereocenters. The van der Waals surface area contributed by atoms with E-state index in [0.29, 0.717) is 25.3 Å². The predicted octanol–water partition coefficient (Wildman–Crippen LogP) is 5.78. The standard InChI is InChI=1S/C30H36N2O2S/c1-3-4-18-31-30(34)28(20-25-13-7-5-8-14-25)32(21-26-15-9-6-10-16-26)29(33)23-35-22-27-17-11-12-24(2)19-27/h5-17,19,28H,3-4,18,20-23H2,1-2H3,(H,31,34). The van der Waals surface area contributed by atoms with Gasteiger partial charge in [-0.05, 0) is 30.0 Å². The Kier molecular flexibility index (Phi) is 10.9. The van der Waals surface area contributed by atoms with Crippen molar-refractivity contribution >= 4 is 23.6 Å². The third-order valence-corrected chi connectivity index (χ3v) is 6.86. The third kappa shape index (κ3) is 8.91. The minimum atomic E-state index is -0.568. The van der Waals surface area contributed by atoms with Gasteiger partial charge in [0.05, 0.1) is 5.75 Å². The maximum absolute atomic E-state index is 13.6. The van der Waals surface area contributed by atoms with Gasteiger partial charge in [0.2, 0.25) is 11.8 Å². The van der Waals surface area contributed by atoms with Crippen LogP contribution in [0.4, 0.5) is 0 Å². The van der Waals surface area contributed by atoms with Gasteiger partial charge in [0.15, 0.2) is 0 Å². The van der Waals surface area contributed by atoms with Gasteiger partial charge >= 0.3 is 0 Å². The number of aryl methyl sites for hydroxylation is 1. The predicted molar refractivity (Wildman–Crippen MR) is 146 cm³/mol. The number of carbonyl (C=O) groups excluding carboxylic acids is 2. The zero-order valence-electron chi connectivity index (χ0n) is 20.8. The molecular formula is C30H36N2O2S. The number of carbonyl (C=O) groups is 2. The third-order valence-electron chi connectivity index (χ3n) is 5.87. The summed E-state index contributed by atoms with van der Waals surface area (Å²) in [6.45, 7) is 5.20. The summed E-state index contributed by atoms with van der Waals surface area (Å²) in [5, 5.41) is 3.07. The quantitative estimate of drug-likeness (QED) is 0.310. The van der Waals surface area contributed by atoms with Crippen LogP contribution in [-0.4, -0.2) is 35.1 Å². The fraction of sp³-hybridized carbons (Fsp3) is 0.333. The highest BCUT2D eigenvalue weighted by Crippen LogP contribution is 2.19. The Bertz CT molecular complexity index is 1060. The van der Waals surface area contributed by atoms with Crippen LogP contribution in [0.1, 0.15) is 42.0 Å². The van der Waals surface area contributed by atoms with Crippen LogP contribution in [0.15, 0.2) is 84.9 Å². The van der Waals surface area contributed by atoms with Gasteiger partial charge in [0.1, 0.15) is 6.04 Å². The van der Waals surface area contributed by atoms with E-state index < -0.39 is 6.04 Å². The maximum Gasteiger partial charge on any atom is 0.243 e. The molecule has 35 heavy (non-hydrogen) atoms. The molecule has 5 heteroatoms. The number of rotatable bonds is 13. The van der Waals surface area contributed by atoms with Gasteiger partial charge in [-0.3, -0.25) is 9.59 Å². The van der Waals surface area contributed by atoms with Crippen molar-refractivity contribution in [3.8, 4) is 0 Å². The number of amides is 2. The molecule has 3 rings (SSSR count). The summed E-state index contributed by atoms with van der Waals surface area (Å²) in [7, 11) is 0. The van der Waals surface area contributed by atoms with Gasteiger partial charge in [0, 0.05) is 25.3 Å². The van der Waals surface area contributed by atoms with Crippen molar-refractivity contribution in [3.05, 3.63) is 107 Å². The summed E-state index contributed by atoms with van der Waals surface area (Å²) < 4.78 is 0. The highest BCUT2D eigenvalue weighted by molar-refractivity contribution is 7.99. The molecule has 0 aromatic heterocycles. The van der Waals surface area contributed by atoms with Gasteiger partial charge in [-0.25, -0.2) is 0 Å². The molecule has 0 saturated carbocycles. The Balaban J connectivity index is 1.80. The second kappa shape index (κ2) is 14.4. The summed E-state index contributed by atoms with van der Waals surface area (Å²) in [6, 6.07) is 27.7. The van der Waals surface area contributed by atoms with E-state index in [1.165, 1.54) is 11.1 Å². The number of hydrogen-bond acceptors (Lipinski definition) is 3. The Morgan fingerprint density at radius 2 is 1.54 bits per heavy atom. The second-order valence-corrected chi connectivity index (χ2v) is 9.82. The number of nitrogens with zero attached hydrogens (tertiary/aromatic N) is 1. The molecule has 4 nitrogen and oxygen atoms in total. The lowest BCUT2D eigenvalue weighted by Gasteiger charge is -2.31. The number of thioether (sulfide) groups is 1. The first kappa shape index (κ1) is 26.6. The minimum absolute atomic E-state index is 0.0157. The summed E-state index contributed by atoms with van der Waals surface area (Å²) in [6.07, 6.45) is 2.41. The van der Waals surface area contributed by atoms with E-state index in [1.807, 2.05) is 66.7 Å². The van der Waals surface area contributed by atoms with Crippen LogP contribution in [0.2, 0.25) is 0 Å². The lowest BCUT2D eigenvalue weighted by Crippen LogP contribution is -2.51. The number of nitrogens with one attached hydrogen (secondary N) is 1.